The van der Waals surface area contributed by atoms with Gasteiger partial charge in [0.05, 0.1) is 10.5 Å². The largest absolute Gasteiger partial charge is 0.491 e. The van der Waals surface area contributed by atoms with Crippen molar-refractivity contribution < 1.29 is 4.74 Å². The lowest BCUT2D eigenvalue weighted by Gasteiger charge is -2.16. The molecular formula is C16H19BrN2O. The third-order valence-electron chi connectivity index (χ3n) is 2.88. The van der Waals surface area contributed by atoms with Crippen LogP contribution in [0.4, 0.5) is 5.82 Å². The number of aryl methyl sites for hydroxylation is 2. The Morgan fingerprint density at radius 3 is 2.55 bits per heavy atom. The van der Waals surface area contributed by atoms with Gasteiger partial charge in [-0.05, 0) is 60.5 Å². The van der Waals surface area contributed by atoms with Crippen LogP contribution in [0.5, 0.6) is 5.75 Å². The molecule has 1 aromatic heterocycles. The number of nitrogens with zero attached hydrogens (tertiary/aromatic N) is 1. The van der Waals surface area contributed by atoms with Gasteiger partial charge in [-0.3, -0.25) is 0 Å². The van der Waals surface area contributed by atoms with Gasteiger partial charge in [0.25, 0.3) is 0 Å². The lowest BCUT2D eigenvalue weighted by Crippen LogP contribution is -2.24. The van der Waals surface area contributed by atoms with Gasteiger partial charge in [-0.15, -0.1) is 0 Å². The van der Waals surface area contributed by atoms with Gasteiger partial charge >= 0.3 is 0 Å². The zero-order valence-corrected chi connectivity index (χ0v) is 13.6. The van der Waals surface area contributed by atoms with E-state index in [-0.39, 0.29) is 6.04 Å². The van der Waals surface area contributed by atoms with Gasteiger partial charge in [0.2, 0.25) is 0 Å². The molecule has 0 amide bonds. The average Bonchev–Trinajstić information content (AvgIpc) is 2.41. The van der Waals surface area contributed by atoms with Crippen molar-refractivity contribution in [3.8, 4) is 5.75 Å². The number of ether oxygens (including phenoxy) is 1. The topological polar surface area (TPSA) is 34.1 Å². The van der Waals surface area contributed by atoms with E-state index in [1.165, 1.54) is 5.56 Å². The number of pyridine rings is 1. The van der Waals surface area contributed by atoms with E-state index in [0.717, 1.165) is 21.6 Å². The highest BCUT2D eigenvalue weighted by atomic mass is 79.9. The van der Waals surface area contributed by atoms with Gasteiger partial charge in [-0.2, -0.15) is 0 Å². The van der Waals surface area contributed by atoms with E-state index in [1.807, 2.05) is 43.5 Å². The molecular weight excluding hydrogens is 316 g/mol. The van der Waals surface area contributed by atoms with Gasteiger partial charge in [0.1, 0.15) is 18.2 Å². The van der Waals surface area contributed by atoms with Crippen LogP contribution in [-0.4, -0.2) is 17.6 Å². The summed E-state index contributed by atoms with van der Waals surface area (Å²) in [5, 5.41) is 3.34. The van der Waals surface area contributed by atoms with Crippen LogP contribution in [0.25, 0.3) is 0 Å². The first-order valence-corrected chi connectivity index (χ1v) is 7.42. The maximum absolute atomic E-state index is 5.75. The fraction of sp³-hybridized carbons (Fsp3) is 0.312. The molecule has 0 aliphatic rings. The minimum atomic E-state index is 0.169. The molecule has 0 radical (unpaired) electrons. The van der Waals surface area contributed by atoms with Crippen LogP contribution >= 0.6 is 15.9 Å². The van der Waals surface area contributed by atoms with Gasteiger partial charge in [0.15, 0.2) is 0 Å². The first kappa shape index (κ1) is 14.9. The molecule has 0 saturated heterocycles. The van der Waals surface area contributed by atoms with Crippen LogP contribution in [-0.2, 0) is 0 Å². The van der Waals surface area contributed by atoms with Crippen LogP contribution in [0, 0.1) is 13.8 Å². The van der Waals surface area contributed by atoms with Crippen LogP contribution in [0.3, 0.4) is 0 Å². The van der Waals surface area contributed by atoms with Crippen LogP contribution < -0.4 is 10.1 Å². The third-order valence-corrected chi connectivity index (χ3v) is 3.49. The number of rotatable bonds is 5. The Kier molecular flexibility index (Phi) is 5.01. The van der Waals surface area contributed by atoms with Crippen molar-refractivity contribution in [2.45, 2.75) is 26.8 Å². The molecule has 0 spiro atoms. The normalized spacial score (nSPS) is 12.0. The number of halogens is 1. The monoisotopic (exact) mass is 334 g/mol. The smallest absolute Gasteiger partial charge is 0.140 e. The standard InChI is InChI=1S/C16H19BrN2O/c1-11-4-6-14(7-5-11)20-10-13(3)19-16-15(17)8-12(2)9-18-16/h4-9,13H,10H2,1-3H3,(H,18,19). The molecule has 3 nitrogen and oxygen atoms in total. The van der Waals surface area contributed by atoms with Gasteiger partial charge in [-0.1, -0.05) is 17.7 Å². The van der Waals surface area contributed by atoms with E-state index in [1.54, 1.807) is 0 Å². The maximum atomic E-state index is 5.75. The molecule has 2 rings (SSSR count). The molecule has 4 heteroatoms. The van der Waals surface area contributed by atoms with Crippen molar-refractivity contribution in [1.29, 1.82) is 0 Å². The Balaban J connectivity index is 1.89. The molecule has 0 saturated carbocycles. The predicted octanol–water partition coefficient (Wildman–Crippen LogP) is 4.34. The van der Waals surface area contributed by atoms with E-state index in [0.29, 0.717) is 6.61 Å². The van der Waals surface area contributed by atoms with Crippen molar-refractivity contribution in [3.63, 3.8) is 0 Å². The molecule has 1 N–H and O–H groups in total. The molecule has 1 aromatic carbocycles. The summed E-state index contributed by atoms with van der Waals surface area (Å²) in [5.41, 5.74) is 2.36. The zero-order valence-electron chi connectivity index (χ0n) is 12.0. The Morgan fingerprint density at radius 2 is 1.90 bits per heavy atom. The summed E-state index contributed by atoms with van der Waals surface area (Å²) < 4.78 is 6.72. The van der Waals surface area contributed by atoms with Crippen LogP contribution in [0.1, 0.15) is 18.1 Å². The number of anilines is 1. The van der Waals surface area contributed by atoms with E-state index in [2.05, 4.69) is 40.1 Å². The fourth-order valence-electron chi connectivity index (χ4n) is 1.77. The average molecular weight is 335 g/mol. The minimum absolute atomic E-state index is 0.169. The predicted molar refractivity (Wildman–Crippen MR) is 86.4 cm³/mol. The van der Waals surface area contributed by atoms with Crippen molar-refractivity contribution in [2.75, 3.05) is 11.9 Å². The van der Waals surface area contributed by atoms with E-state index >= 15 is 0 Å². The van der Waals surface area contributed by atoms with Crippen molar-refractivity contribution in [1.82, 2.24) is 4.98 Å². The Hall–Kier alpha value is -1.55. The molecule has 1 atom stereocenters. The van der Waals surface area contributed by atoms with Crippen molar-refractivity contribution in [3.05, 3.63) is 52.1 Å². The first-order valence-electron chi connectivity index (χ1n) is 6.63. The highest BCUT2D eigenvalue weighted by molar-refractivity contribution is 9.10. The molecule has 2 aromatic rings. The summed E-state index contributed by atoms with van der Waals surface area (Å²) in [6.45, 7) is 6.74. The number of nitrogens with one attached hydrogen (secondary N) is 1. The number of aromatic nitrogens is 1. The summed E-state index contributed by atoms with van der Waals surface area (Å²) >= 11 is 3.51. The lowest BCUT2D eigenvalue weighted by molar-refractivity contribution is 0.303. The SMILES string of the molecule is Cc1ccc(OCC(C)Nc2ncc(C)cc2Br)cc1. The van der Waals surface area contributed by atoms with Gasteiger partial charge in [0, 0.05) is 6.20 Å². The van der Waals surface area contributed by atoms with Crippen LogP contribution in [0.15, 0.2) is 41.0 Å². The van der Waals surface area contributed by atoms with E-state index < -0.39 is 0 Å². The summed E-state index contributed by atoms with van der Waals surface area (Å²) in [4.78, 5) is 4.37. The first-order chi connectivity index (χ1) is 9.54. The molecule has 0 fully saturated rings. The number of hydrogen-bond acceptors (Lipinski definition) is 3. The summed E-state index contributed by atoms with van der Waals surface area (Å²) in [6, 6.07) is 10.3. The molecule has 0 aliphatic carbocycles. The summed E-state index contributed by atoms with van der Waals surface area (Å²) in [7, 11) is 0. The van der Waals surface area contributed by atoms with Crippen LogP contribution in [0.2, 0.25) is 0 Å². The minimum Gasteiger partial charge on any atom is -0.491 e. The second kappa shape index (κ2) is 6.75. The molecule has 1 heterocycles. The Morgan fingerprint density at radius 1 is 1.20 bits per heavy atom. The molecule has 20 heavy (non-hydrogen) atoms. The zero-order chi connectivity index (χ0) is 14.5. The Labute approximate surface area is 128 Å². The highest BCUT2D eigenvalue weighted by Crippen LogP contribution is 2.21. The van der Waals surface area contributed by atoms with Gasteiger partial charge < -0.3 is 10.1 Å². The highest BCUT2D eigenvalue weighted by Gasteiger charge is 2.07. The fourth-order valence-corrected chi connectivity index (χ4v) is 2.35. The van der Waals surface area contributed by atoms with Crippen molar-refractivity contribution in [2.24, 2.45) is 0 Å². The summed E-state index contributed by atoms with van der Waals surface area (Å²) in [5.74, 6) is 1.73. The number of benzene rings is 1. The molecule has 0 bridgehead atoms. The molecule has 106 valence electrons. The lowest BCUT2D eigenvalue weighted by atomic mass is 10.2. The second-order valence-corrected chi connectivity index (χ2v) is 5.87. The number of hydrogen-bond donors (Lipinski definition) is 1. The summed E-state index contributed by atoms with van der Waals surface area (Å²) in [6.07, 6.45) is 1.85. The van der Waals surface area contributed by atoms with E-state index in [9.17, 15) is 0 Å². The molecule has 0 aliphatic heterocycles. The maximum Gasteiger partial charge on any atom is 0.140 e. The second-order valence-electron chi connectivity index (χ2n) is 5.01. The van der Waals surface area contributed by atoms with E-state index in [4.69, 9.17) is 4.74 Å². The Bertz CT molecular complexity index is 569. The third kappa shape index (κ3) is 4.23. The van der Waals surface area contributed by atoms with Crippen molar-refractivity contribution >= 4 is 21.7 Å². The van der Waals surface area contributed by atoms with Gasteiger partial charge in [-0.25, -0.2) is 4.98 Å². The quantitative estimate of drug-likeness (QED) is 0.883. The molecule has 1 unspecified atom stereocenters.